The molecular formula is C16H18N6O2. The molecule has 3 aromatic rings. The molecule has 0 saturated heterocycles. The number of primary amides is 1. The maximum Gasteiger partial charge on any atom is 0.225 e. The number of hydrogen-bond acceptors (Lipinski definition) is 5. The van der Waals surface area contributed by atoms with Crippen molar-refractivity contribution in [3.63, 3.8) is 0 Å². The highest BCUT2D eigenvalue weighted by Crippen LogP contribution is 2.25. The standard InChI is InChI=1S/C16H18N6O2/c17-14(24)11-15-19-16(22(20-15)9-4-10-23)12-5-1-2-6-13(12)21-8-3-7-18-21/h1-3,5-8,23H,4,9-11H2,(H2,17,24). The zero-order chi connectivity index (χ0) is 16.9. The number of para-hydroxylation sites is 1. The van der Waals surface area contributed by atoms with Crippen molar-refractivity contribution in [3.05, 3.63) is 48.5 Å². The lowest BCUT2D eigenvalue weighted by Gasteiger charge is -2.10. The molecule has 1 aromatic carbocycles. The Hall–Kier alpha value is -3.00. The Kier molecular flexibility index (Phi) is 4.66. The van der Waals surface area contributed by atoms with E-state index in [4.69, 9.17) is 10.8 Å². The van der Waals surface area contributed by atoms with Crippen molar-refractivity contribution < 1.29 is 9.90 Å². The minimum Gasteiger partial charge on any atom is -0.396 e. The molecule has 8 nitrogen and oxygen atoms in total. The summed E-state index contributed by atoms with van der Waals surface area (Å²) in [5.74, 6) is 0.498. The van der Waals surface area contributed by atoms with E-state index in [-0.39, 0.29) is 13.0 Å². The monoisotopic (exact) mass is 326 g/mol. The molecule has 8 heteroatoms. The molecule has 1 amide bonds. The van der Waals surface area contributed by atoms with E-state index in [1.165, 1.54) is 0 Å². The molecule has 0 aliphatic carbocycles. The van der Waals surface area contributed by atoms with E-state index in [1.54, 1.807) is 15.6 Å². The van der Waals surface area contributed by atoms with Gasteiger partial charge in [-0.25, -0.2) is 14.3 Å². The molecule has 0 atom stereocenters. The molecule has 2 heterocycles. The molecule has 0 radical (unpaired) electrons. The van der Waals surface area contributed by atoms with Crippen LogP contribution in [0.3, 0.4) is 0 Å². The molecule has 0 bridgehead atoms. The first kappa shape index (κ1) is 15.9. The molecule has 3 rings (SSSR count). The van der Waals surface area contributed by atoms with Gasteiger partial charge < -0.3 is 10.8 Å². The van der Waals surface area contributed by atoms with Gasteiger partial charge in [0.2, 0.25) is 5.91 Å². The summed E-state index contributed by atoms with van der Waals surface area (Å²) >= 11 is 0. The minimum atomic E-state index is -0.485. The van der Waals surface area contributed by atoms with Crippen LogP contribution in [0, 0.1) is 0 Å². The smallest absolute Gasteiger partial charge is 0.225 e. The molecule has 0 fully saturated rings. The predicted molar refractivity (Wildman–Crippen MR) is 87.2 cm³/mol. The van der Waals surface area contributed by atoms with Crippen LogP contribution < -0.4 is 5.73 Å². The van der Waals surface area contributed by atoms with Crippen molar-refractivity contribution in [2.75, 3.05) is 6.61 Å². The molecule has 0 spiro atoms. The molecule has 124 valence electrons. The van der Waals surface area contributed by atoms with E-state index in [0.717, 1.165) is 11.3 Å². The van der Waals surface area contributed by atoms with E-state index in [0.29, 0.717) is 24.6 Å². The van der Waals surface area contributed by atoms with Gasteiger partial charge in [0, 0.05) is 31.1 Å². The van der Waals surface area contributed by atoms with Gasteiger partial charge >= 0.3 is 0 Å². The van der Waals surface area contributed by atoms with Crippen LogP contribution in [0.2, 0.25) is 0 Å². The lowest BCUT2D eigenvalue weighted by Crippen LogP contribution is -2.15. The highest BCUT2D eigenvalue weighted by Gasteiger charge is 2.17. The van der Waals surface area contributed by atoms with E-state index in [9.17, 15) is 4.79 Å². The quantitative estimate of drug-likeness (QED) is 0.658. The molecule has 24 heavy (non-hydrogen) atoms. The van der Waals surface area contributed by atoms with Crippen LogP contribution in [0.1, 0.15) is 12.2 Å². The molecule has 0 unspecified atom stereocenters. The number of nitrogens with zero attached hydrogens (tertiary/aromatic N) is 5. The summed E-state index contributed by atoms with van der Waals surface area (Å²) in [5, 5.41) is 17.7. The van der Waals surface area contributed by atoms with Gasteiger partial charge in [-0.3, -0.25) is 4.79 Å². The zero-order valence-corrected chi connectivity index (χ0v) is 13.0. The van der Waals surface area contributed by atoms with Gasteiger partial charge in [-0.05, 0) is 24.6 Å². The van der Waals surface area contributed by atoms with Crippen LogP contribution >= 0.6 is 0 Å². The average Bonchev–Trinajstić information content (AvgIpc) is 3.22. The predicted octanol–water partition coefficient (Wildman–Crippen LogP) is 0.541. The molecule has 2 aromatic heterocycles. The lowest BCUT2D eigenvalue weighted by atomic mass is 10.1. The normalized spacial score (nSPS) is 10.9. The number of aromatic nitrogens is 5. The number of amides is 1. The van der Waals surface area contributed by atoms with Crippen molar-refractivity contribution in [2.24, 2.45) is 5.73 Å². The van der Waals surface area contributed by atoms with Crippen LogP contribution in [0.4, 0.5) is 0 Å². The molecular weight excluding hydrogens is 308 g/mol. The van der Waals surface area contributed by atoms with Crippen LogP contribution in [0.5, 0.6) is 0 Å². The Morgan fingerprint density at radius 1 is 1.25 bits per heavy atom. The summed E-state index contributed by atoms with van der Waals surface area (Å²) in [4.78, 5) is 15.6. The van der Waals surface area contributed by atoms with Crippen molar-refractivity contribution >= 4 is 5.91 Å². The summed E-state index contributed by atoms with van der Waals surface area (Å²) < 4.78 is 3.44. The first-order chi connectivity index (χ1) is 11.7. The van der Waals surface area contributed by atoms with E-state index >= 15 is 0 Å². The summed E-state index contributed by atoms with van der Waals surface area (Å²) in [5.41, 5.74) is 6.94. The number of carbonyl (C=O) groups excluding carboxylic acids is 1. The van der Waals surface area contributed by atoms with Crippen molar-refractivity contribution in [2.45, 2.75) is 19.4 Å². The van der Waals surface area contributed by atoms with Gasteiger partial charge in [-0.2, -0.15) is 10.2 Å². The maximum absolute atomic E-state index is 11.2. The third-order valence-corrected chi connectivity index (χ3v) is 3.47. The second-order valence-corrected chi connectivity index (χ2v) is 5.26. The number of benzene rings is 1. The second-order valence-electron chi connectivity index (χ2n) is 5.26. The third-order valence-electron chi connectivity index (χ3n) is 3.47. The number of hydrogen-bond donors (Lipinski definition) is 2. The van der Waals surface area contributed by atoms with Gasteiger partial charge in [0.1, 0.15) is 0 Å². The van der Waals surface area contributed by atoms with Gasteiger partial charge in [0.25, 0.3) is 0 Å². The second kappa shape index (κ2) is 7.05. The first-order valence-electron chi connectivity index (χ1n) is 7.61. The Labute approximate surface area is 138 Å². The van der Waals surface area contributed by atoms with Crippen molar-refractivity contribution in [3.8, 4) is 17.1 Å². The van der Waals surface area contributed by atoms with Gasteiger partial charge in [0.15, 0.2) is 11.6 Å². The summed E-state index contributed by atoms with van der Waals surface area (Å²) in [6.07, 6.45) is 4.06. The molecule has 0 aliphatic heterocycles. The highest BCUT2D eigenvalue weighted by atomic mass is 16.3. The third kappa shape index (κ3) is 3.33. The molecule has 3 N–H and O–H groups in total. The maximum atomic E-state index is 11.2. The lowest BCUT2D eigenvalue weighted by molar-refractivity contribution is -0.117. The SMILES string of the molecule is NC(=O)Cc1nc(-c2ccccc2-n2cccn2)n(CCCO)n1. The van der Waals surface area contributed by atoms with E-state index < -0.39 is 5.91 Å². The van der Waals surface area contributed by atoms with Crippen molar-refractivity contribution in [1.29, 1.82) is 0 Å². The Bertz CT molecular complexity index is 825. The van der Waals surface area contributed by atoms with Gasteiger partial charge in [-0.1, -0.05) is 12.1 Å². The fourth-order valence-corrected chi connectivity index (χ4v) is 2.47. The highest BCUT2D eigenvalue weighted by molar-refractivity contribution is 5.76. The minimum absolute atomic E-state index is 0.0247. The summed E-state index contributed by atoms with van der Waals surface area (Å²) in [7, 11) is 0. The van der Waals surface area contributed by atoms with Gasteiger partial charge in [0.05, 0.1) is 12.1 Å². The fraction of sp³-hybridized carbons (Fsp3) is 0.250. The first-order valence-corrected chi connectivity index (χ1v) is 7.61. The van der Waals surface area contributed by atoms with E-state index in [2.05, 4.69) is 15.2 Å². The van der Waals surface area contributed by atoms with Crippen LogP contribution in [-0.2, 0) is 17.8 Å². The van der Waals surface area contributed by atoms with Crippen molar-refractivity contribution in [1.82, 2.24) is 24.5 Å². The zero-order valence-electron chi connectivity index (χ0n) is 13.0. The summed E-state index contributed by atoms with van der Waals surface area (Å²) in [6, 6.07) is 9.51. The largest absolute Gasteiger partial charge is 0.396 e. The Balaban J connectivity index is 2.08. The Morgan fingerprint density at radius 3 is 2.79 bits per heavy atom. The van der Waals surface area contributed by atoms with E-state index in [1.807, 2.05) is 36.5 Å². The number of aliphatic hydroxyl groups excluding tert-OH is 1. The van der Waals surface area contributed by atoms with Gasteiger partial charge in [-0.15, -0.1) is 0 Å². The number of aryl methyl sites for hydroxylation is 1. The van der Waals surface area contributed by atoms with Crippen LogP contribution in [-0.4, -0.2) is 42.2 Å². The summed E-state index contributed by atoms with van der Waals surface area (Å²) in [6.45, 7) is 0.538. The van der Waals surface area contributed by atoms with Crippen LogP contribution in [0.25, 0.3) is 17.1 Å². The number of rotatable bonds is 7. The van der Waals surface area contributed by atoms with Crippen LogP contribution in [0.15, 0.2) is 42.7 Å². The number of carbonyl (C=O) groups is 1. The average molecular weight is 326 g/mol. The number of nitrogens with two attached hydrogens (primary N) is 1. The Morgan fingerprint density at radius 2 is 2.08 bits per heavy atom. The fourth-order valence-electron chi connectivity index (χ4n) is 2.47. The topological polar surface area (TPSA) is 112 Å². The molecule has 0 saturated carbocycles. The molecule has 0 aliphatic rings. The number of aliphatic hydroxyl groups is 1.